The zero-order valence-corrected chi connectivity index (χ0v) is 11.6. The molecule has 1 aromatic carbocycles. The van der Waals surface area contributed by atoms with Crippen LogP contribution < -0.4 is 16.1 Å². The van der Waals surface area contributed by atoms with Gasteiger partial charge in [-0.3, -0.25) is 4.79 Å². The quantitative estimate of drug-likeness (QED) is 0.835. The molecule has 0 atom stereocenters. The van der Waals surface area contributed by atoms with Crippen LogP contribution in [0.15, 0.2) is 33.5 Å². The first-order valence-corrected chi connectivity index (χ1v) is 6.63. The van der Waals surface area contributed by atoms with E-state index in [1.54, 1.807) is 30.3 Å². The second-order valence-electron chi connectivity index (χ2n) is 4.51. The number of hydrogen-bond acceptors (Lipinski definition) is 5. The maximum absolute atomic E-state index is 12.6. The van der Waals surface area contributed by atoms with Gasteiger partial charge in [-0.25, -0.2) is 4.79 Å². The molecule has 3 rings (SSSR count). The van der Waals surface area contributed by atoms with Crippen LogP contribution >= 0.6 is 12.2 Å². The molecule has 0 spiro atoms. The molecular formula is C15H10O5S. The smallest absolute Gasteiger partial charge is 0.341 e. The number of hydrogen-bond donors (Lipinski definition) is 1. The Hall–Kier alpha value is -2.47. The predicted octanol–water partition coefficient (Wildman–Crippen LogP) is 0.556. The average molecular weight is 302 g/mol. The van der Waals surface area contributed by atoms with E-state index in [2.05, 4.69) is 0 Å². The molecule has 0 saturated carbocycles. The van der Waals surface area contributed by atoms with Crippen LogP contribution in [-0.4, -0.2) is 22.5 Å². The molecule has 0 radical (unpaired) electrons. The molecule has 0 amide bonds. The van der Waals surface area contributed by atoms with Crippen LogP contribution in [0.5, 0.6) is 0 Å². The van der Waals surface area contributed by atoms with E-state index < -0.39 is 12.6 Å². The lowest BCUT2D eigenvalue weighted by molar-refractivity contribution is -0.139. The lowest BCUT2D eigenvalue weighted by Crippen LogP contribution is -2.44. The summed E-state index contributed by atoms with van der Waals surface area (Å²) in [6, 6.07) is 6.86. The second-order valence-corrected chi connectivity index (χ2v) is 5.00. The number of rotatable bonds is 3. The fourth-order valence-electron chi connectivity index (χ4n) is 2.22. The molecule has 1 N–H and O–H groups in total. The highest BCUT2D eigenvalue weighted by molar-refractivity contribution is 7.81. The number of carbonyl (C=O) groups is 1. The van der Waals surface area contributed by atoms with Gasteiger partial charge in [0.1, 0.15) is 22.0 Å². The Morgan fingerprint density at radius 2 is 2.14 bits per heavy atom. The third kappa shape index (κ3) is 2.34. The van der Waals surface area contributed by atoms with Gasteiger partial charge in [0.05, 0.1) is 10.3 Å². The summed E-state index contributed by atoms with van der Waals surface area (Å²) < 4.78 is 10.9. The summed E-state index contributed by atoms with van der Waals surface area (Å²) in [6.07, 6.45) is 2.08. The lowest BCUT2D eigenvalue weighted by atomic mass is 10.1. The summed E-state index contributed by atoms with van der Waals surface area (Å²) >= 11 is 5.17. The number of aliphatic carboxylic acids is 1. The number of carboxylic acid groups (broad SMARTS) is 1. The van der Waals surface area contributed by atoms with E-state index in [9.17, 15) is 9.59 Å². The fraction of sp³-hybridized carbons (Fsp3) is 0.133. The summed E-state index contributed by atoms with van der Waals surface area (Å²) in [7, 11) is 0. The van der Waals surface area contributed by atoms with Crippen molar-refractivity contribution in [3.05, 3.63) is 45.1 Å². The third-order valence-corrected chi connectivity index (χ3v) is 3.47. The molecule has 1 heterocycles. The molecule has 0 fully saturated rings. The Kier molecular flexibility index (Phi) is 3.31. The average Bonchev–Trinajstić information content (AvgIpc) is 2.47. The molecule has 106 valence electrons. The highest BCUT2D eigenvalue weighted by atomic mass is 32.1. The first-order valence-electron chi connectivity index (χ1n) is 6.22. The van der Waals surface area contributed by atoms with E-state index >= 15 is 0 Å². The second kappa shape index (κ2) is 5.14. The number of fused-ring (bicyclic) bond motifs is 2. The molecule has 21 heavy (non-hydrogen) atoms. The Bertz CT molecular complexity index is 939. The van der Waals surface area contributed by atoms with Gasteiger partial charge < -0.3 is 14.3 Å². The molecule has 5 nitrogen and oxygen atoms in total. The van der Waals surface area contributed by atoms with Gasteiger partial charge >= 0.3 is 5.97 Å². The molecule has 6 heteroatoms. The third-order valence-electron chi connectivity index (χ3n) is 3.12. The van der Waals surface area contributed by atoms with E-state index in [0.29, 0.717) is 27.7 Å². The summed E-state index contributed by atoms with van der Waals surface area (Å²) in [5, 5.41) is 9.34. The van der Waals surface area contributed by atoms with Crippen molar-refractivity contribution in [3.63, 3.8) is 0 Å². The molecule has 1 aromatic heterocycles. The van der Waals surface area contributed by atoms with Crippen LogP contribution in [0.2, 0.25) is 0 Å². The van der Waals surface area contributed by atoms with Gasteiger partial charge in [0.15, 0.2) is 6.61 Å². The van der Waals surface area contributed by atoms with Crippen LogP contribution in [0.3, 0.4) is 0 Å². The molecule has 1 aliphatic rings. The zero-order valence-electron chi connectivity index (χ0n) is 10.8. The number of ether oxygens (including phenoxy) is 1. The Balaban J connectivity index is 2.39. The summed E-state index contributed by atoms with van der Waals surface area (Å²) in [5.41, 5.74) is 0.570. The fourth-order valence-corrected chi connectivity index (χ4v) is 2.47. The maximum Gasteiger partial charge on any atom is 0.341 e. The monoisotopic (exact) mass is 302 g/mol. The van der Waals surface area contributed by atoms with Gasteiger partial charge in [-0.15, -0.1) is 0 Å². The van der Waals surface area contributed by atoms with E-state index in [0.717, 1.165) is 0 Å². The first-order chi connectivity index (χ1) is 10.1. The van der Waals surface area contributed by atoms with Crippen LogP contribution in [-0.2, 0) is 9.53 Å². The Morgan fingerprint density at radius 3 is 2.90 bits per heavy atom. The number of benzene rings is 1. The SMILES string of the molecule is O=C(O)COC1=c2c(oc3ccccc3c2=O)=CCC1=S. The van der Waals surface area contributed by atoms with Gasteiger partial charge in [-0.2, -0.15) is 0 Å². The van der Waals surface area contributed by atoms with Crippen molar-refractivity contribution in [1.29, 1.82) is 0 Å². The standard InChI is InChI=1S/C15H10O5S/c16-12(17)7-19-15-11(21)6-5-10-13(15)14(18)8-3-1-2-4-9(8)20-10/h1-5H,6-7H2,(H,16,17). The highest BCUT2D eigenvalue weighted by Crippen LogP contribution is 2.10. The minimum Gasteiger partial charge on any atom is -0.480 e. The Labute approximate surface area is 123 Å². The minimum atomic E-state index is -1.13. The summed E-state index contributed by atoms with van der Waals surface area (Å²) in [6.45, 7) is -0.554. The molecule has 1 aliphatic carbocycles. The largest absolute Gasteiger partial charge is 0.480 e. The van der Waals surface area contributed by atoms with E-state index in [-0.39, 0.29) is 16.4 Å². The lowest BCUT2D eigenvalue weighted by Gasteiger charge is -2.12. The summed E-state index contributed by atoms with van der Waals surface area (Å²) in [4.78, 5) is 23.6. The van der Waals surface area contributed by atoms with Crippen LogP contribution in [0.25, 0.3) is 22.8 Å². The van der Waals surface area contributed by atoms with Crippen molar-refractivity contribution in [2.24, 2.45) is 0 Å². The molecular weight excluding hydrogens is 292 g/mol. The van der Waals surface area contributed by atoms with Crippen molar-refractivity contribution in [2.75, 3.05) is 6.61 Å². The normalized spacial score (nSPS) is 13.7. The van der Waals surface area contributed by atoms with Crippen LogP contribution in [0.1, 0.15) is 6.42 Å². The Morgan fingerprint density at radius 1 is 1.38 bits per heavy atom. The van der Waals surface area contributed by atoms with Crippen molar-refractivity contribution in [3.8, 4) is 0 Å². The minimum absolute atomic E-state index is 0.129. The number of carboxylic acids is 1. The van der Waals surface area contributed by atoms with Gasteiger partial charge in [0, 0.05) is 6.42 Å². The van der Waals surface area contributed by atoms with Crippen molar-refractivity contribution in [2.45, 2.75) is 6.42 Å². The van der Waals surface area contributed by atoms with Crippen molar-refractivity contribution >= 4 is 45.9 Å². The molecule has 0 aliphatic heterocycles. The van der Waals surface area contributed by atoms with Crippen LogP contribution in [0, 0.1) is 0 Å². The highest BCUT2D eigenvalue weighted by Gasteiger charge is 2.18. The topological polar surface area (TPSA) is 76.7 Å². The van der Waals surface area contributed by atoms with E-state index in [1.807, 2.05) is 0 Å². The summed E-state index contributed by atoms with van der Waals surface area (Å²) in [5.74, 6) is -1.00. The number of para-hydroxylation sites is 1. The van der Waals surface area contributed by atoms with Gasteiger partial charge in [-0.05, 0) is 18.2 Å². The maximum atomic E-state index is 12.6. The van der Waals surface area contributed by atoms with E-state index in [4.69, 9.17) is 26.5 Å². The molecule has 0 saturated heterocycles. The van der Waals surface area contributed by atoms with Gasteiger partial charge in [0.25, 0.3) is 0 Å². The molecule has 2 aromatic rings. The molecule has 0 bridgehead atoms. The van der Waals surface area contributed by atoms with E-state index in [1.165, 1.54) is 0 Å². The zero-order chi connectivity index (χ0) is 15.0. The van der Waals surface area contributed by atoms with Gasteiger partial charge in [-0.1, -0.05) is 24.4 Å². The molecule has 0 unspecified atom stereocenters. The number of thiocarbonyl (C=S) groups is 1. The van der Waals surface area contributed by atoms with Crippen molar-refractivity contribution in [1.82, 2.24) is 0 Å². The van der Waals surface area contributed by atoms with Crippen LogP contribution in [0.4, 0.5) is 0 Å². The predicted molar refractivity (Wildman–Crippen MR) is 80.4 cm³/mol. The first kappa shape index (κ1) is 13.5. The van der Waals surface area contributed by atoms with Crippen molar-refractivity contribution < 1.29 is 19.1 Å². The van der Waals surface area contributed by atoms with Gasteiger partial charge in [0.2, 0.25) is 5.43 Å².